The molecule has 10 nitrogen and oxygen atoms in total. The second-order valence-corrected chi connectivity index (χ2v) is 12.5. The number of hydrogen-bond donors (Lipinski definition) is 4. The minimum atomic E-state index is -3.80. The smallest absolute Gasteiger partial charge is 0.258 e. The number of carbonyl (C=O) groups excluding carboxylic acids is 2. The molecular formula is C27H32N4O6S2. The van der Waals surface area contributed by atoms with Gasteiger partial charge in [-0.15, -0.1) is 11.3 Å². The van der Waals surface area contributed by atoms with Crippen molar-refractivity contribution in [1.29, 1.82) is 0 Å². The van der Waals surface area contributed by atoms with Crippen molar-refractivity contribution in [1.82, 2.24) is 4.31 Å². The van der Waals surface area contributed by atoms with Crippen LogP contribution in [0.15, 0.2) is 47.4 Å². The normalized spacial score (nSPS) is 13.1. The number of benzene rings is 2. The number of fused-ring (bicyclic) bond motifs is 1. The Kier molecular flexibility index (Phi) is 8.90. The summed E-state index contributed by atoms with van der Waals surface area (Å²) < 4.78 is 31.8. The maximum Gasteiger partial charge on any atom is 0.258 e. The van der Waals surface area contributed by atoms with E-state index in [2.05, 4.69) is 16.0 Å². The van der Waals surface area contributed by atoms with Gasteiger partial charge >= 0.3 is 0 Å². The van der Waals surface area contributed by atoms with Crippen molar-refractivity contribution < 1.29 is 27.9 Å². The zero-order valence-electron chi connectivity index (χ0n) is 22.0. The number of nitrogens with one attached hydrogen (secondary N) is 3. The number of thiophene rings is 1. The van der Waals surface area contributed by atoms with Crippen molar-refractivity contribution in [2.45, 2.75) is 30.6 Å². The molecule has 4 rings (SSSR count). The minimum Gasteiger partial charge on any atom is -0.497 e. The second kappa shape index (κ2) is 12.2. The summed E-state index contributed by atoms with van der Waals surface area (Å²) in [5.41, 5.74) is 2.38. The van der Waals surface area contributed by atoms with Gasteiger partial charge in [-0.3, -0.25) is 9.59 Å². The lowest BCUT2D eigenvalue weighted by Gasteiger charge is -2.16. The molecule has 208 valence electrons. The van der Waals surface area contributed by atoms with Crippen LogP contribution in [0.3, 0.4) is 0 Å². The molecule has 0 unspecified atom stereocenters. The molecule has 1 aliphatic rings. The van der Waals surface area contributed by atoms with Gasteiger partial charge in [-0.25, -0.2) is 12.7 Å². The Morgan fingerprint density at radius 2 is 1.74 bits per heavy atom. The number of anilines is 3. The van der Waals surface area contributed by atoms with Crippen molar-refractivity contribution in [2.75, 3.05) is 50.3 Å². The molecule has 0 fully saturated rings. The highest BCUT2D eigenvalue weighted by atomic mass is 32.2. The molecule has 1 aliphatic carbocycles. The predicted molar refractivity (Wildman–Crippen MR) is 153 cm³/mol. The highest BCUT2D eigenvalue weighted by Crippen LogP contribution is 2.39. The quantitative estimate of drug-likeness (QED) is 0.290. The number of nitrogens with zero attached hydrogens (tertiary/aromatic N) is 1. The fourth-order valence-corrected chi connectivity index (χ4v) is 6.57. The number of aliphatic hydroxyl groups excluding tert-OH is 1. The SMILES string of the molecule is COc1ccc(NC(=O)c2c(NC(=O)c3cc(S(=O)(=O)N(C)C)ccc3NCCO)sc3c2CCCC3)cc1. The summed E-state index contributed by atoms with van der Waals surface area (Å²) in [7, 11) is 0.592. The first-order valence-corrected chi connectivity index (χ1v) is 14.7. The molecule has 0 aliphatic heterocycles. The van der Waals surface area contributed by atoms with E-state index in [4.69, 9.17) is 4.74 Å². The molecule has 0 radical (unpaired) electrons. The molecule has 39 heavy (non-hydrogen) atoms. The van der Waals surface area contributed by atoms with Crippen LogP contribution in [0.4, 0.5) is 16.4 Å². The Morgan fingerprint density at radius 3 is 2.41 bits per heavy atom. The van der Waals surface area contributed by atoms with Gasteiger partial charge < -0.3 is 25.8 Å². The van der Waals surface area contributed by atoms with E-state index in [1.54, 1.807) is 31.4 Å². The molecule has 4 N–H and O–H groups in total. The number of sulfonamides is 1. The maximum atomic E-state index is 13.6. The van der Waals surface area contributed by atoms with Crippen LogP contribution in [-0.4, -0.2) is 64.0 Å². The molecule has 0 saturated heterocycles. The third-order valence-electron chi connectivity index (χ3n) is 6.41. The van der Waals surface area contributed by atoms with E-state index in [0.29, 0.717) is 27.7 Å². The van der Waals surface area contributed by atoms with E-state index < -0.39 is 15.9 Å². The molecule has 0 spiro atoms. The lowest BCUT2D eigenvalue weighted by Crippen LogP contribution is -2.24. The van der Waals surface area contributed by atoms with Crippen molar-refractivity contribution in [3.63, 3.8) is 0 Å². The van der Waals surface area contributed by atoms with Crippen molar-refractivity contribution in [3.05, 3.63) is 64.0 Å². The Hall–Kier alpha value is -3.45. The minimum absolute atomic E-state index is 0.0462. The van der Waals surface area contributed by atoms with E-state index in [-0.39, 0.29) is 29.5 Å². The summed E-state index contributed by atoms with van der Waals surface area (Å²) in [5.74, 6) is -0.237. The number of aryl methyl sites for hydroxylation is 1. The first-order valence-electron chi connectivity index (χ1n) is 12.5. The van der Waals surface area contributed by atoms with Crippen LogP contribution >= 0.6 is 11.3 Å². The van der Waals surface area contributed by atoms with Crippen LogP contribution in [-0.2, 0) is 22.9 Å². The number of ether oxygens (including phenoxy) is 1. The zero-order valence-corrected chi connectivity index (χ0v) is 23.7. The van der Waals surface area contributed by atoms with Crippen LogP contribution in [0.2, 0.25) is 0 Å². The first-order chi connectivity index (χ1) is 18.6. The van der Waals surface area contributed by atoms with Gasteiger partial charge in [0.1, 0.15) is 10.8 Å². The van der Waals surface area contributed by atoms with Crippen LogP contribution < -0.4 is 20.7 Å². The lowest BCUT2D eigenvalue weighted by molar-refractivity contribution is 0.102. The number of rotatable bonds is 10. The fraction of sp³-hybridized carbons (Fsp3) is 0.333. The Morgan fingerprint density at radius 1 is 1.03 bits per heavy atom. The monoisotopic (exact) mass is 572 g/mol. The van der Waals surface area contributed by atoms with Gasteiger partial charge in [-0.2, -0.15) is 0 Å². The first kappa shape index (κ1) is 28.6. The molecule has 3 aromatic rings. The Bertz CT molecular complexity index is 1470. The van der Waals surface area contributed by atoms with Gasteiger partial charge in [0, 0.05) is 36.9 Å². The molecule has 1 aromatic heterocycles. The third kappa shape index (κ3) is 6.25. The average Bonchev–Trinajstić information content (AvgIpc) is 3.29. The molecule has 0 saturated carbocycles. The van der Waals surface area contributed by atoms with Gasteiger partial charge in [-0.05, 0) is 73.7 Å². The fourth-order valence-electron chi connectivity index (χ4n) is 4.36. The Balaban J connectivity index is 1.70. The van der Waals surface area contributed by atoms with Crippen molar-refractivity contribution in [3.8, 4) is 5.75 Å². The second-order valence-electron chi connectivity index (χ2n) is 9.20. The summed E-state index contributed by atoms with van der Waals surface area (Å²) in [6.45, 7) is -0.00496. The number of amides is 2. The van der Waals surface area contributed by atoms with Crippen LogP contribution in [0.5, 0.6) is 5.75 Å². The van der Waals surface area contributed by atoms with Crippen molar-refractivity contribution >= 4 is 49.6 Å². The summed E-state index contributed by atoms with van der Waals surface area (Å²) in [6, 6.07) is 11.2. The standard InChI is InChI=1S/C27H32N4O6S2/c1-31(2)39(35,36)19-12-13-22(28-14-15-32)21(16-19)25(33)30-27-24(20-6-4-5-7-23(20)38-27)26(34)29-17-8-10-18(37-3)11-9-17/h8-13,16,28,32H,4-7,14-15H2,1-3H3,(H,29,34)(H,30,33). The summed E-state index contributed by atoms with van der Waals surface area (Å²) in [4.78, 5) is 28.1. The summed E-state index contributed by atoms with van der Waals surface area (Å²) >= 11 is 1.37. The number of hydrogen-bond acceptors (Lipinski definition) is 8. The van der Waals surface area contributed by atoms with Crippen LogP contribution in [0.25, 0.3) is 0 Å². The van der Waals surface area contributed by atoms with Crippen molar-refractivity contribution in [2.24, 2.45) is 0 Å². The highest BCUT2D eigenvalue weighted by Gasteiger charge is 2.28. The highest BCUT2D eigenvalue weighted by molar-refractivity contribution is 7.89. The Labute approximate surface area is 232 Å². The van der Waals surface area contributed by atoms with Gasteiger partial charge in [0.15, 0.2) is 0 Å². The number of carbonyl (C=O) groups is 2. The molecule has 0 bridgehead atoms. The van der Waals surface area contributed by atoms with E-state index in [9.17, 15) is 23.1 Å². The van der Waals surface area contributed by atoms with Gasteiger partial charge in [0.2, 0.25) is 10.0 Å². The molecule has 0 atom stereocenters. The molecule has 1 heterocycles. The predicted octanol–water partition coefficient (Wildman–Crippen LogP) is 3.79. The summed E-state index contributed by atoms with van der Waals surface area (Å²) in [6.07, 6.45) is 3.49. The third-order valence-corrected chi connectivity index (χ3v) is 9.43. The molecule has 2 aromatic carbocycles. The van der Waals surface area contributed by atoms with Gasteiger partial charge in [-0.1, -0.05) is 0 Å². The zero-order chi connectivity index (χ0) is 28.2. The topological polar surface area (TPSA) is 137 Å². The van der Waals surface area contributed by atoms with E-state index >= 15 is 0 Å². The lowest BCUT2D eigenvalue weighted by atomic mass is 9.95. The van der Waals surface area contributed by atoms with Crippen LogP contribution in [0, 0.1) is 0 Å². The number of methoxy groups -OCH3 is 1. The molecule has 2 amide bonds. The number of aliphatic hydroxyl groups is 1. The van der Waals surface area contributed by atoms with Crippen LogP contribution in [0.1, 0.15) is 44.0 Å². The van der Waals surface area contributed by atoms with Gasteiger partial charge in [0.05, 0.1) is 29.7 Å². The largest absolute Gasteiger partial charge is 0.497 e. The van der Waals surface area contributed by atoms with E-state index in [1.807, 2.05) is 0 Å². The van der Waals surface area contributed by atoms with E-state index in [0.717, 1.165) is 40.4 Å². The molecular weight excluding hydrogens is 540 g/mol. The maximum absolute atomic E-state index is 13.6. The molecule has 12 heteroatoms. The van der Waals surface area contributed by atoms with E-state index in [1.165, 1.54) is 43.6 Å². The average molecular weight is 573 g/mol. The summed E-state index contributed by atoms with van der Waals surface area (Å²) in [5, 5.41) is 18.4. The van der Waals surface area contributed by atoms with Gasteiger partial charge in [0.25, 0.3) is 11.8 Å².